The predicted octanol–water partition coefficient (Wildman–Crippen LogP) is 0.928. The van der Waals surface area contributed by atoms with Gasteiger partial charge in [0.1, 0.15) is 11.7 Å². The maximum absolute atomic E-state index is 11.5. The summed E-state index contributed by atoms with van der Waals surface area (Å²) in [7, 11) is 0. The number of esters is 1. The average molecular weight is 236 g/mol. The van der Waals surface area contributed by atoms with E-state index in [1.165, 1.54) is 0 Å². The summed E-state index contributed by atoms with van der Waals surface area (Å²) in [4.78, 5) is 23.0. The van der Waals surface area contributed by atoms with Crippen molar-refractivity contribution >= 4 is 24.2 Å². The quantitative estimate of drug-likeness (QED) is 0.572. The lowest BCUT2D eigenvalue weighted by Gasteiger charge is -2.14. The monoisotopic (exact) mass is 235 g/mol. The molecular formula is C10H18ClNO3. The van der Waals surface area contributed by atoms with E-state index in [4.69, 9.17) is 4.74 Å². The third-order valence-electron chi connectivity index (χ3n) is 2.15. The van der Waals surface area contributed by atoms with Crippen LogP contribution in [0.2, 0.25) is 0 Å². The minimum absolute atomic E-state index is 0. The van der Waals surface area contributed by atoms with Crippen molar-refractivity contribution in [3.63, 3.8) is 0 Å². The van der Waals surface area contributed by atoms with Crippen molar-refractivity contribution in [3.8, 4) is 0 Å². The van der Waals surface area contributed by atoms with Crippen LogP contribution in [0.15, 0.2) is 0 Å². The Morgan fingerprint density at radius 1 is 1.53 bits per heavy atom. The molecule has 0 aliphatic carbocycles. The fourth-order valence-corrected chi connectivity index (χ4v) is 1.45. The number of ketones is 1. The van der Waals surface area contributed by atoms with Crippen LogP contribution in [0.25, 0.3) is 0 Å². The first-order chi connectivity index (χ1) is 6.61. The first kappa shape index (κ1) is 14.4. The summed E-state index contributed by atoms with van der Waals surface area (Å²) >= 11 is 0. The van der Waals surface area contributed by atoms with Gasteiger partial charge in [-0.1, -0.05) is 0 Å². The Labute approximate surface area is 96.2 Å². The van der Waals surface area contributed by atoms with Gasteiger partial charge in [0.2, 0.25) is 0 Å². The Balaban J connectivity index is 0.00000196. The molecule has 1 N–H and O–H groups in total. The number of ether oxygens (including phenoxy) is 1. The van der Waals surface area contributed by atoms with E-state index in [9.17, 15) is 9.59 Å². The summed E-state index contributed by atoms with van der Waals surface area (Å²) in [5.41, 5.74) is 0. The summed E-state index contributed by atoms with van der Waals surface area (Å²) < 4.78 is 5.02. The molecule has 4 nitrogen and oxygen atoms in total. The fraction of sp³-hybridized carbons (Fsp3) is 0.800. The van der Waals surface area contributed by atoms with Crippen LogP contribution in [0.5, 0.6) is 0 Å². The molecule has 0 aromatic carbocycles. The SMILES string of the molecule is CC(C)OC(=O)C1CNCCCC1=O.Cl. The van der Waals surface area contributed by atoms with Crippen molar-refractivity contribution in [2.45, 2.75) is 32.8 Å². The third-order valence-corrected chi connectivity index (χ3v) is 2.15. The molecule has 0 aromatic rings. The Kier molecular flexibility index (Phi) is 6.52. The number of hydrogen-bond acceptors (Lipinski definition) is 4. The molecule has 88 valence electrons. The maximum atomic E-state index is 11.5. The number of carbonyl (C=O) groups is 2. The minimum Gasteiger partial charge on any atom is -0.462 e. The molecule has 1 fully saturated rings. The summed E-state index contributed by atoms with van der Waals surface area (Å²) in [5.74, 6) is -0.986. The van der Waals surface area contributed by atoms with Crippen LogP contribution in [0.3, 0.4) is 0 Å². The second-order valence-corrected chi connectivity index (χ2v) is 3.81. The van der Waals surface area contributed by atoms with Crippen molar-refractivity contribution < 1.29 is 14.3 Å². The lowest BCUT2D eigenvalue weighted by Crippen LogP contribution is -2.34. The molecule has 15 heavy (non-hydrogen) atoms. The number of nitrogens with one attached hydrogen (secondary N) is 1. The highest BCUT2D eigenvalue weighted by Gasteiger charge is 2.29. The molecule has 0 amide bonds. The van der Waals surface area contributed by atoms with Crippen LogP contribution in [0, 0.1) is 5.92 Å². The first-order valence-electron chi connectivity index (χ1n) is 5.05. The molecule has 1 aliphatic rings. The molecule has 5 heteroatoms. The van der Waals surface area contributed by atoms with E-state index in [1.54, 1.807) is 13.8 Å². The highest BCUT2D eigenvalue weighted by molar-refractivity contribution is 5.99. The summed E-state index contributed by atoms with van der Waals surface area (Å²) in [6.45, 7) is 4.79. The van der Waals surface area contributed by atoms with Crippen molar-refractivity contribution in [2.75, 3.05) is 13.1 Å². The molecule has 0 aromatic heterocycles. The number of carbonyl (C=O) groups excluding carboxylic acids is 2. The largest absolute Gasteiger partial charge is 0.462 e. The van der Waals surface area contributed by atoms with Crippen molar-refractivity contribution in [2.24, 2.45) is 5.92 Å². The van der Waals surface area contributed by atoms with Crippen LogP contribution in [0.4, 0.5) is 0 Å². The molecule has 1 heterocycles. The Morgan fingerprint density at radius 3 is 2.80 bits per heavy atom. The Hall–Kier alpha value is -0.610. The number of Topliss-reactive ketones (excluding diaryl/α,β-unsaturated/α-hetero) is 1. The molecule has 1 rings (SSSR count). The van der Waals surface area contributed by atoms with Gasteiger partial charge in [0.05, 0.1) is 6.10 Å². The highest BCUT2D eigenvalue weighted by atomic mass is 35.5. The van der Waals surface area contributed by atoms with Gasteiger partial charge >= 0.3 is 5.97 Å². The molecule has 0 saturated carbocycles. The Morgan fingerprint density at radius 2 is 2.20 bits per heavy atom. The smallest absolute Gasteiger partial charge is 0.318 e. The van der Waals surface area contributed by atoms with Gasteiger partial charge in [-0.15, -0.1) is 12.4 Å². The third kappa shape index (κ3) is 4.62. The zero-order valence-corrected chi connectivity index (χ0v) is 9.93. The summed E-state index contributed by atoms with van der Waals surface area (Å²) in [5, 5.41) is 3.06. The van der Waals surface area contributed by atoms with E-state index in [1.807, 2.05) is 0 Å². The minimum atomic E-state index is -0.597. The van der Waals surface area contributed by atoms with Gasteiger partial charge in [0.25, 0.3) is 0 Å². The Bertz CT molecular complexity index is 231. The zero-order valence-electron chi connectivity index (χ0n) is 9.12. The fourth-order valence-electron chi connectivity index (χ4n) is 1.45. The van der Waals surface area contributed by atoms with E-state index in [0.717, 1.165) is 13.0 Å². The van der Waals surface area contributed by atoms with Gasteiger partial charge in [0.15, 0.2) is 0 Å². The lowest BCUT2D eigenvalue weighted by molar-refractivity contribution is -0.154. The van der Waals surface area contributed by atoms with Crippen LogP contribution >= 0.6 is 12.4 Å². The maximum Gasteiger partial charge on any atom is 0.318 e. The second-order valence-electron chi connectivity index (χ2n) is 3.81. The standard InChI is InChI=1S/C10H17NO3.ClH/c1-7(2)14-10(13)8-6-11-5-3-4-9(8)12;/h7-8,11H,3-6H2,1-2H3;1H. The average Bonchev–Trinajstić information content (AvgIpc) is 2.28. The van der Waals surface area contributed by atoms with Gasteiger partial charge in [-0.3, -0.25) is 9.59 Å². The number of halogens is 1. The van der Waals surface area contributed by atoms with Gasteiger partial charge in [-0.2, -0.15) is 0 Å². The van der Waals surface area contributed by atoms with Crippen molar-refractivity contribution in [1.82, 2.24) is 5.32 Å². The highest BCUT2D eigenvalue weighted by Crippen LogP contribution is 2.10. The van der Waals surface area contributed by atoms with E-state index in [-0.39, 0.29) is 30.3 Å². The first-order valence-corrected chi connectivity index (χ1v) is 5.05. The normalized spacial score (nSPS) is 21.8. The van der Waals surface area contributed by atoms with E-state index in [2.05, 4.69) is 5.32 Å². The van der Waals surface area contributed by atoms with Gasteiger partial charge < -0.3 is 10.1 Å². The van der Waals surface area contributed by atoms with Crippen LogP contribution in [-0.4, -0.2) is 30.9 Å². The molecule has 1 atom stereocenters. The van der Waals surface area contributed by atoms with E-state index in [0.29, 0.717) is 13.0 Å². The molecular weight excluding hydrogens is 218 g/mol. The van der Waals surface area contributed by atoms with Gasteiger partial charge in [-0.05, 0) is 26.8 Å². The van der Waals surface area contributed by atoms with Gasteiger partial charge in [-0.25, -0.2) is 0 Å². The topological polar surface area (TPSA) is 55.4 Å². The van der Waals surface area contributed by atoms with Gasteiger partial charge in [0, 0.05) is 13.0 Å². The molecule has 0 spiro atoms. The number of rotatable bonds is 2. The summed E-state index contributed by atoms with van der Waals surface area (Å²) in [6, 6.07) is 0. The lowest BCUT2D eigenvalue weighted by atomic mass is 10.0. The van der Waals surface area contributed by atoms with E-state index < -0.39 is 5.92 Å². The van der Waals surface area contributed by atoms with Crippen LogP contribution in [0.1, 0.15) is 26.7 Å². The van der Waals surface area contributed by atoms with Crippen molar-refractivity contribution in [3.05, 3.63) is 0 Å². The summed E-state index contributed by atoms with van der Waals surface area (Å²) in [6.07, 6.45) is 1.13. The predicted molar refractivity (Wildman–Crippen MR) is 59.1 cm³/mol. The van der Waals surface area contributed by atoms with Crippen LogP contribution in [-0.2, 0) is 14.3 Å². The molecule has 1 aliphatic heterocycles. The molecule has 1 unspecified atom stereocenters. The van der Waals surface area contributed by atoms with Crippen molar-refractivity contribution in [1.29, 1.82) is 0 Å². The second kappa shape index (κ2) is 6.80. The molecule has 0 bridgehead atoms. The molecule has 1 saturated heterocycles. The zero-order chi connectivity index (χ0) is 10.6. The number of hydrogen-bond donors (Lipinski definition) is 1. The molecule has 0 radical (unpaired) electrons. The van der Waals surface area contributed by atoms with Crippen LogP contribution < -0.4 is 5.32 Å². The van der Waals surface area contributed by atoms with E-state index >= 15 is 0 Å².